The lowest BCUT2D eigenvalue weighted by Crippen LogP contribution is -2.22. The van der Waals surface area contributed by atoms with Gasteiger partial charge in [0, 0.05) is 0 Å². The lowest BCUT2D eigenvalue weighted by molar-refractivity contribution is 0.0633. The van der Waals surface area contributed by atoms with Crippen LogP contribution in [0.15, 0.2) is 0 Å². The van der Waals surface area contributed by atoms with Gasteiger partial charge in [0.1, 0.15) is 0 Å². The van der Waals surface area contributed by atoms with Crippen LogP contribution in [0.3, 0.4) is 0 Å². The van der Waals surface area contributed by atoms with Gasteiger partial charge in [0.25, 0.3) is 0 Å². The van der Waals surface area contributed by atoms with Crippen molar-refractivity contribution in [1.82, 2.24) is 0 Å². The van der Waals surface area contributed by atoms with Gasteiger partial charge in [-0.1, -0.05) is 13.8 Å². The molecule has 2 rings (SSSR count). The summed E-state index contributed by atoms with van der Waals surface area (Å²) >= 11 is 0. The van der Waals surface area contributed by atoms with E-state index in [1.54, 1.807) is 0 Å². The second-order valence-corrected chi connectivity index (χ2v) is 5.78. The summed E-state index contributed by atoms with van der Waals surface area (Å²) in [6.45, 7) is 5.55. The lowest BCUT2D eigenvalue weighted by atomic mass is 9.84. The van der Waals surface area contributed by atoms with E-state index in [2.05, 4.69) is 13.8 Å². The first-order valence-electron chi connectivity index (χ1n) is 5.40. The maximum atomic E-state index is 5.19. The Morgan fingerprint density at radius 2 is 2.00 bits per heavy atom. The molecule has 0 aromatic heterocycles. The van der Waals surface area contributed by atoms with Crippen LogP contribution >= 0.6 is 0 Å². The van der Waals surface area contributed by atoms with Crippen molar-refractivity contribution in [3.63, 3.8) is 0 Å². The van der Waals surface area contributed by atoms with Gasteiger partial charge in [-0.3, -0.25) is 0 Å². The van der Waals surface area contributed by atoms with Gasteiger partial charge in [-0.05, 0) is 48.9 Å². The highest BCUT2D eigenvalue weighted by Crippen LogP contribution is 2.60. The zero-order valence-electron chi connectivity index (χ0n) is 8.81. The van der Waals surface area contributed by atoms with Crippen LogP contribution in [0, 0.1) is 16.7 Å². The van der Waals surface area contributed by atoms with E-state index in [4.69, 9.17) is 10.7 Å². The summed E-state index contributed by atoms with van der Waals surface area (Å²) in [5.41, 5.74) is 1.05. The molecule has 0 aromatic carbocycles. The molecule has 0 amide bonds. The third-order valence-corrected chi connectivity index (χ3v) is 4.10. The smallest absolute Gasteiger partial charge is 0.0738 e. The first-order chi connectivity index (χ1) is 6.08. The molecule has 0 heterocycles. The molecule has 0 radical (unpaired) electrons. The molecular formula is C11H21NO. The van der Waals surface area contributed by atoms with Crippen molar-refractivity contribution in [2.75, 3.05) is 6.61 Å². The van der Waals surface area contributed by atoms with E-state index in [-0.39, 0.29) is 0 Å². The zero-order valence-corrected chi connectivity index (χ0v) is 8.81. The molecule has 0 bridgehead atoms. The van der Waals surface area contributed by atoms with Gasteiger partial charge in [0.05, 0.1) is 6.61 Å². The lowest BCUT2D eigenvalue weighted by Gasteiger charge is -2.23. The van der Waals surface area contributed by atoms with Crippen LogP contribution in [-0.2, 0) is 4.84 Å². The van der Waals surface area contributed by atoms with E-state index < -0.39 is 0 Å². The van der Waals surface area contributed by atoms with Crippen LogP contribution in [0.25, 0.3) is 0 Å². The Labute approximate surface area is 80.8 Å². The molecule has 2 aliphatic carbocycles. The van der Waals surface area contributed by atoms with Crippen LogP contribution in [0.1, 0.15) is 46.0 Å². The Hall–Kier alpha value is -0.0800. The van der Waals surface area contributed by atoms with Crippen molar-refractivity contribution in [2.45, 2.75) is 46.0 Å². The SMILES string of the molecule is CC1(C)CCC(C2(CON)CC2)C1. The molecule has 2 nitrogen and oxygen atoms in total. The van der Waals surface area contributed by atoms with Gasteiger partial charge >= 0.3 is 0 Å². The number of rotatable bonds is 3. The van der Waals surface area contributed by atoms with E-state index in [9.17, 15) is 0 Å². The van der Waals surface area contributed by atoms with E-state index >= 15 is 0 Å². The summed E-state index contributed by atoms with van der Waals surface area (Å²) < 4.78 is 0. The molecule has 1 unspecified atom stereocenters. The van der Waals surface area contributed by atoms with Gasteiger partial charge in [0.15, 0.2) is 0 Å². The maximum absolute atomic E-state index is 5.19. The van der Waals surface area contributed by atoms with Crippen LogP contribution in [0.4, 0.5) is 0 Å². The molecule has 0 spiro atoms. The molecule has 76 valence electrons. The predicted molar refractivity (Wildman–Crippen MR) is 52.9 cm³/mol. The van der Waals surface area contributed by atoms with E-state index in [0.29, 0.717) is 10.8 Å². The number of hydrogen-bond acceptors (Lipinski definition) is 2. The van der Waals surface area contributed by atoms with Crippen molar-refractivity contribution >= 4 is 0 Å². The second-order valence-electron chi connectivity index (χ2n) is 5.78. The van der Waals surface area contributed by atoms with E-state index in [0.717, 1.165) is 12.5 Å². The highest BCUT2D eigenvalue weighted by molar-refractivity contribution is 5.02. The largest absolute Gasteiger partial charge is 0.304 e. The van der Waals surface area contributed by atoms with Crippen molar-refractivity contribution in [2.24, 2.45) is 22.6 Å². The third-order valence-electron chi connectivity index (χ3n) is 4.10. The number of hydrogen-bond donors (Lipinski definition) is 1. The first-order valence-corrected chi connectivity index (χ1v) is 5.40. The minimum atomic E-state index is 0.489. The Balaban J connectivity index is 1.95. The van der Waals surface area contributed by atoms with Crippen LogP contribution < -0.4 is 5.90 Å². The van der Waals surface area contributed by atoms with Crippen molar-refractivity contribution in [3.8, 4) is 0 Å². The molecule has 0 aliphatic heterocycles. The monoisotopic (exact) mass is 183 g/mol. The predicted octanol–water partition coefficient (Wildman–Crippen LogP) is 2.48. The fourth-order valence-corrected chi connectivity index (χ4v) is 2.96. The van der Waals surface area contributed by atoms with E-state index in [1.807, 2.05) is 0 Å². The minimum absolute atomic E-state index is 0.489. The molecular weight excluding hydrogens is 162 g/mol. The van der Waals surface area contributed by atoms with Gasteiger partial charge in [-0.2, -0.15) is 0 Å². The van der Waals surface area contributed by atoms with Crippen LogP contribution in [-0.4, -0.2) is 6.61 Å². The Bertz CT molecular complexity index is 196. The maximum Gasteiger partial charge on any atom is 0.0738 e. The van der Waals surface area contributed by atoms with Crippen molar-refractivity contribution < 1.29 is 4.84 Å². The summed E-state index contributed by atoms with van der Waals surface area (Å²) in [7, 11) is 0. The topological polar surface area (TPSA) is 35.2 Å². The Morgan fingerprint density at radius 3 is 2.38 bits per heavy atom. The molecule has 2 aliphatic rings. The Morgan fingerprint density at radius 1 is 1.31 bits per heavy atom. The third kappa shape index (κ3) is 1.75. The van der Waals surface area contributed by atoms with Crippen molar-refractivity contribution in [3.05, 3.63) is 0 Å². The average molecular weight is 183 g/mol. The molecule has 0 saturated heterocycles. The van der Waals surface area contributed by atoms with Gasteiger partial charge < -0.3 is 4.84 Å². The minimum Gasteiger partial charge on any atom is -0.304 e. The number of nitrogens with two attached hydrogens (primary N) is 1. The Kier molecular flexibility index (Phi) is 2.16. The highest BCUT2D eigenvalue weighted by atomic mass is 16.6. The fraction of sp³-hybridized carbons (Fsp3) is 1.00. The summed E-state index contributed by atoms with van der Waals surface area (Å²) in [5.74, 6) is 6.07. The van der Waals surface area contributed by atoms with E-state index in [1.165, 1.54) is 32.1 Å². The highest BCUT2D eigenvalue weighted by Gasteiger charge is 2.52. The molecule has 2 fully saturated rings. The molecule has 13 heavy (non-hydrogen) atoms. The molecule has 2 saturated carbocycles. The normalized spacial score (nSPS) is 34.8. The molecule has 2 heteroatoms. The summed E-state index contributed by atoms with van der Waals surface area (Å²) in [4.78, 5) is 4.85. The molecule has 2 N–H and O–H groups in total. The first kappa shape index (κ1) is 9.47. The molecule has 0 aromatic rings. The van der Waals surface area contributed by atoms with Crippen LogP contribution in [0.5, 0.6) is 0 Å². The van der Waals surface area contributed by atoms with Crippen molar-refractivity contribution in [1.29, 1.82) is 0 Å². The summed E-state index contributed by atoms with van der Waals surface area (Å²) in [6, 6.07) is 0. The van der Waals surface area contributed by atoms with Crippen LogP contribution in [0.2, 0.25) is 0 Å². The fourth-order valence-electron chi connectivity index (χ4n) is 2.96. The average Bonchev–Trinajstić information content (AvgIpc) is 2.72. The summed E-state index contributed by atoms with van der Waals surface area (Å²) in [6.07, 6.45) is 6.81. The second kappa shape index (κ2) is 2.96. The van der Waals surface area contributed by atoms with Gasteiger partial charge in [-0.25, -0.2) is 5.90 Å². The standard InChI is InChI=1S/C11H21NO/c1-10(2)4-3-9(7-10)11(5-6-11)8-13-12/h9H,3-8,12H2,1-2H3. The van der Waals surface area contributed by atoms with Gasteiger partial charge in [0.2, 0.25) is 0 Å². The molecule has 1 atom stereocenters. The quantitative estimate of drug-likeness (QED) is 0.682. The summed E-state index contributed by atoms with van der Waals surface area (Å²) in [5, 5.41) is 0. The van der Waals surface area contributed by atoms with Gasteiger partial charge in [-0.15, -0.1) is 0 Å². The zero-order chi connectivity index (χ0) is 9.53.